The third-order valence-corrected chi connectivity index (χ3v) is 2.58. The van der Waals surface area contributed by atoms with Gasteiger partial charge in [-0.25, -0.2) is 4.39 Å². The van der Waals surface area contributed by atoms with Gasteiger partial charge in [0.15, 0.2) is 0 Å². The summed E-state index contributed by atoms with van der Waals surface area (Å²) in [5.74, 6) is -0.418. The first-order valence-corrected chi connectivity index (χ1v) is 4.59. The highest BCUT2D eigenvalue weighted by Gasteiger charge is 2.40. The first kappa shape index (κ1) is 9.34. The van der Waals surface area contributed by atoms with Crippen molar-refractivity contribution < 1.29 is 14.3 Å². The highest BCUT2D eigenvalue weighted by molar-refractivity contribution is 5.77. The van der Waals surface area contributed by atoms with Gasteiger partial charge in [0.25, 0.3) is 0 Å². The number of rotatable bonds is 3. The summed E-state index contributed by atoms with van der Waals surface area (Å²) in [5, 5.41) is 9.66. The molecule has 3 heteroatoms. The van der Waals surface area contributed by atoms with Gasteiger partial charge < -0.3 is 5.11 Å². The average Bonchev–Trinajstić information content (AvgIpc) is 2.87. The van der Waals surface area contributed by atoms with E-state index in [1.54, 1.807) is 6.07 Å². The normalized spacial score (nSPS) is 17.9. The van der Waals surface area contributed by atoms with Crippen LogP contribution in [-0.4, -0.2) is 17.0 Å². The third kappa shape index (κ3) is 1.82. The van der Waals surface area contributed by atoms with Crippen molar-refractivity contribution in [2.24, 2.45) is 0 Å². The molecule has 0 aliphatic heterocycles. The molecule has 1 saturated carbocycles. The van der Waals surface area contributed by atoms with Crippen LogP contribution in [-0.2, 0) is 6.42 Å². The lowest BCUT2D eigenvalue weighted by atomic mass is 10.0. The summed E-state index contributed by atoms with van der Waals surface area (Å²) in [6.45, 7) is 0. The topological polar surface area (TPSA) is 37.3 Å². The summed E-state index contributed by atoms with van der Waals surface area (Å²) >= 11 is 0. The van der Waals surface area contributed by atoms with Crippen LogP contribution in [0.15, 0.2) is 18.2 Å². The Balaban J connectivity index is 2.27. The number of hydrogen-bond acceptors (Lipinski definition) is 2. The van der Waals surface area contributed by atoms with Gasteiger partial charge >= 0.3 is 0 Å². The van der Waals surface area contributed by atoms with Crippen LogP contribution in [0.3, 0.4) is 0 Å². The van der Waals surface area contributed by atoms with Gasteiger partial charge in [0.2, 0.25) is 0 Å². The first-order valence-electron chi connectivity index (χ1n) is 4.59. The van der Waals surface area contributed by atoms with Crippen molar-refractivity contribution in [3.05, 3.63) is 35.1 Å². The molecule has 74 valence electrons. The van der Waals surface area contributed by atoms with Crippen molar-refractivity contribution in [2.45, 2.75) is 24.9 Å². The fourth-order valence-corrected chi connectivity index (χ4v) is 1.51. The van der Waals surface area contributed by atoms with E-state index >= 15 is 0 Å². The number of hydrogen-bond donors (Lipinski definition) is 1. The monoisotopic (exact) mass is 194 g/mol. The van der Waals surface area contributed by atoms with Crippen molar-refractivity contribution >= 4 is 6.29 Å². The highest BCUT2D eigenvalue weighted by atomic mass is 19.1. The van der Waals surface area contributed by atoms with Gasteiger partial charge in [-0.15, -0.1) is 0 Å². The molecule has 0 atom stereocenters. The second-order valence-corrected chi connectivity index (χ2v) is 3.86. The van der Waals surface area contributed by atoms with Crippen LogP contribution in [0.1, 0.15) is 28.8 Å². The Morgan fingerprint density at radius 3 is 2.79 bits per heavy atom. The molecule has 2 nitrogen and oxygen atoms in total. The van der Waals surface area contributed by atoms with Gasteiger partial charge in [0.1, 0.15) is 12.1 Å². The third-order valence-electron chi connectivity index (χ3n) is 2.58. The van der Waals surface area contributed by atoms with Crippen molar-refractivity contribution in [3.8, 4) is 0 Å². The van der Waals surface area contributed by atoms with E-state index in [-0.39, 0.29) is 0 Å². The maximum absolute atomic E-state index is 12.8. The Labute approximate surface area is 81.4 Å². The van der Waals surface area contributed by atoms with Crippen LogP contribution in [0.5, 0.6) is 0 Å². The molecule has 1 fully saturated rings. The Bertz CT molecular complexity index is 370. The lowest BCUT2D eigenvalue weighted by molar-refractivity contribution is 0.112. The van der Waals surface area contributed by atoms with Crippen LogP contribution in [0.2, 0.25) is 0 Å². The molecule has 0 spiro atoms. The van der Waals surface area contributed by atoms with E-state index in [0.717, 1.165) is 18.4 Å². The number of aldehydes is 1. The minimum atomic E-state index is -0.643. The largest absolute Gasteiger partial charge is 0.390 e. The molecule has 0 saturated heterocycles. The van der Waals surface area contributed by atoms with E-state index in [2.05, 4.69) is 0 Å². The van der Waals surface area contributed by atoms with Crippen LogP contribution in [0.4, 0.5) is 4.39 Å². The van der Waals surface area contributed by atoms with Crippen molar-refractivity contribution in [1.82, 2.24) is 0 Å². The van der Waals surface area contributed by atoms with Crippen LogP contribution >= 0.6 is 0 Å². The predicted molar refractivity (Wildman–Crippen MR) is 49.7 cm³/mol. The summed E-state index contributed by atoms with van der Waals surface area (Å²) in [6, 6.07) is 4.08. The first-order chi connectivity index (χ1) is 6.63. The number of carbonyl (C=O) groups is 1. The highest BCUT2D eigenvalue weighted by Crippen LogP contribution is 2.38. The summed E-state index contributed by atoms with van der Waals surface area (Å²) < 4.78 is 12.8. The van der Waals surface area contributed by atoms with E-state index in [0.29, 0.717) is 18.3 Å². The van der Waals surface area contributed by atoms with E-state index < -0.39 is 11.4 Å². The van der Waals surface area contributed by atoms with E-state index in [4.69, 9.17) is 0 Å². The maximum Gasteiger partial charge on any atom is 0.150 e. The van der Waals surface area contributed by atoms with Gasteiger partial charge in [-0.1, -0.05) is 6.07 Å². The molecule has 0 bridgehead atoms. The molecule has 1 aliphatic rings. The Morgan fingerprint density at radius 2 is 2.21 bits per heavy atom. The molecule has 1 aliphatic carbocycles. The standard InChI is InChI=1S/C11H11FO2/c12-10-2-1-8(9(5-10)7-13)6-11(14)3-4-11/h1-2,5,7,14H,3-4,6H2. The second-order valence-electron chi connectivity index (χ2n) is 3.86. The second kappa shape index (κ2) is 3.17. The molecule has 14 heavy (non-hydrogen) atoms. The SMILES string of the molecule is O=Cc1cc(F)ccc1CC1(O)CC1. The maximum atomic E-state index is 12.8. The molecule has 0 unspecified atom stereocenters. The van der Waals surface area contributed by atoms with Crippen molar-refractivity contribution in [1.29, 1.82) is 0 Å². The van der Waals surface area contributed by atoms with E-state index in [1.807, 2.05) is 0 Å². The smallest absolute Gasteiger partial charge is 0.150 e. The van der Waals surface area contributed by atoms with Crippen LogP contribution in [0, 0.1) is 5.82 Å². The molecule has 1 aromatic carbocycles. The zero-order chi connectivity index (χ0) is 10.2. The van der Waals surface area contributed by atoms with Gasteiger partial charge in [0.05, 0.1) is 5.60 Å². The summed E-state index contributed by atoms with van der Waals surface area (Å²) in [7, 11) is 0. The fourth-order valence-electron chi connectivity index (χ4n) is 1.51. The molecular formula is C11H11FO2. The van der Waals surface area contributed by atoms with E-state index in [1.165, 1.54) is 12.1 Å². The minimum absolute atomic E-state index is 0.338. The quantitative estimate of drug-likeness (QED) is 0.744. The molecule has 0 heterocycles. The van der Waals surface area contributed by atoms with E-state index in [9.17, 15) is 14.3 Å². The Hall–Kier alpha value is -1.22. The van der Waals surface area contributed by atoms with Crippen LogP contribution < -0.4 is 0 Å². The van der Waals surface area contributed by atoms with Gasteiger partial charge in [-0.2, -0.15) is 0 Å². The summed E-state index contributed by atoms with van der Waals surface area (Å²) in [6.07, 6.45) is 2.61. The van der Waals surface area contributed by atoms with Gasteiger partial charge in [0, 0.05) is 12.0 Å². The molecule has 0 amide bonds. The molecule has 0 radical (unpaired) electrons. The summed E-state index contributed by atoms with van der Waals surface area (Å²) in [5.41, 5.74) is 0.419. The van der Waals surface area contributed by atoms with Crippen molar-refractivity contribution in [2.75, 3.05) is 0 Å². The molecule has 0 aromatic heterocycles. The Kier molecular flexibility index (Phi) is 2.11. The number of benzene rings is 1. The molecule has 1 N–H and O–H groups in total. The lowest BCUT2D eigenvalue weighted by Crippen LogP contribution is -2.12. The Morgan fingerprint density at radius 1 is 1.50 bits per heavy atom. The number of carbonyl (C=O) groups excluding carboxylic acids is 1. The van der Waals surface area contributed by atoms with Gasteiger partial charge in [-0.3, -0.25) is 4.79 Å². The fraction of sp³-hybridized carbons (Fsp3) is 0.364. The zero-order valence-electron chi connectivity index (χ0n) is 7.66. The van der Waals surface area contributed by atoms with Crippen LogP contribution in [0.25, 0.3) is 0 Å². The average molecular weight is 194 g/mol. The zero-order valence-corrected chi connectivity index (χ0v) is 7.66. The number of aliphatic hydroxyl groups is 1. The molecule has 2 rings (SSSR count). The number of halogens is 1. The predicted octanol–water partition coefficient (Wildman–Crippen LogP) is 1.71. The van der Waals surface area contributed by atoms with Gasteiger partial charge in [-0.05, 0) is 30.5 Å². The van der Waals surface area contributed by atoms with Crippen molar-refractivity contribution in [3.63, 3.8) is 0 Å². The molecule has 1 aromatic rings. The minimum Gasteiger partial charge on any atom is -0.390 e. The lowest BCUT2D eigenvalue weighted by Gasteiger charge is -2.09. The summed E-state index contributed by atoms with van der Waals surface area (Å²) in [4.78, 5) is 10.6. The molecular weight excluding hydrogens is 183 g/mol.